The molecule has 0 bridgehead atoms. The van der Waals surface area contributed by atoms with Crippen LogP contribution in [0.1, 0.15) is 23.5 Å². The molecular weight excluding hydrogens is 607 g/mol. The van der Waals surface area contributed by atoms with Crippen LogP contribution < -0.4 is 4.90 Å². The van der Waals surface area contributed by atoms with Crippen LogP contribution in [-0.2, 0) is 0 Å². The van der Waals surface area contributed by atoms with Gasteiger partial charge in [0.15, 0.2) is 0 Å². The van der Waals surface area contributed by atoms with Crippen LogP contribution in [0.3, 0.4) is 0 Å². The van der Waals surface area contributed by atoms with Gasteiger partial charge in [-0.2, -0.15) is 0 Å². The number of hydrogen-bond acceptors (Lipinski definition) is 2. The zero-order valence-corrected chi connectivity index (χ0v) is 27.6. The number of fused-ring (bicyclic) bond motifs is 3. The summed E-state index contributed by atoms with van der Waals surface area (Å²) in [5.41, 5.74) is 13.9. The summed E-state index contributed by atoms with van der Waals surface area (Å²) < 4.78 is 6.26. The normalized spacial score (nSPS) is 14.2. The molecule has 1 heterocycles. The molecule has 1 unspecified atom stereocenters. The number of anilines is 3. The fourth-order valence-corrected chi connectivity index (χ4v) is 7.26. The van der Waals surface area contributed by atoms with Crippen LogP contribution in [-0.4, -0.2) is 0 Å². The maximum atomic E-state index is 6.26. The Morgan fingerprint density at radius 1 is 0.440 bits per heavy atom. The van der Waals surface area contributed by atoms with Gasteiger partial charge < -0.3 is 9.32 Å². The van der Waals surface area contributed by atoms with E-state index in [2.05, 4.69) is 199 Å². The van der Waals surface area contributed by atoms with E-state index in [-0.39, 0.29) is 5.92 Å². The van der Waals surface area contributed by atoms with Crippen molar-refractivity contribution in [3.05, 3.63) is 205 Å². The third kappa shape index (κ3) is 5.71. The van der Waals surface area contributed by atoms with Gasteiger partial charge in [0, 0.05) is 33.8 Å². The molecule has 0 aliphatic heterocycles. The fourth-order valence-electron chi connectivity index (χ4n) is 7.26. The molecule has 1 atom stereocenters. The molecule has 0 radical (unpaired) electrons. The number of benzene rings is 7. The molecule has 0 amide bonds. The zero-order valence-electron chi connectivity index (χ0n) is 27.6. The maximum Gasteiger partial charge on any atom is 0.135 e. The summed E-state index contributed by atoms with van der Waals surface area (Å²) in [5.74, 6) is 0.289. The van der Waals surface area contributed by atoms with Crippen LogP contribution >= 0.6 is 0 Å². The molecule has 8 aromatic rings. The second kappa shape index (κ2) is 12.9. The Labute approximate surface area is 292 Å². The number of para-hydroxylation sites is 1. The van der Waals surface area contributed by atoms with Crippen LogP contribution in [0.25, 0.3) is 49.8 Å². The predicted molar refractivity (Wildman–Crippen MR) is 210 cm³/mol. The third-order valence-electron chi connectivity index (χ3n) is 9.83. The second-order valence-corrected chi connectivity index (χ2v) is 13.0. The molecular formula is C48H35NO. The Balaban J connectivity index is 1.00. The molecule has 0 spiro atoms. The molecule has 1 aliphatic rings. The Morgan fingerprint density at radius 3 is 1.66 bits per heavy atom. The number of hydrogen-bond donors (Lipinski definition) is 0. The lowest BCUT2D eigenvalue weighted by atomic mass is 9.85. The first kappa shape index (κ1) is 29.7. The molecule has 2 heteroatoms. The molecule has 1 aromatic heterocycles. The highest BCUT2D eigenvalue weighted by Gasteiger charge is 2.19. The highest BCUT2D eigenvalue weighted by molar-refractivity contribution is 6.07. The lowest BCUT2D eigenvalue weighted by molar-refractivity contribution is 0.669. The minimum absolute atomic E-state index is 0.289. The first-order chi connectivity index (χ1) is 24.8. The summed E-state index contributed by atoms with van der Waals surface area (Å²) in [5, 5.41) is 2.31. The average Bonchev–Trinajstić information content (AvgIpc) is 3.57. The molecule has 2 nitrogen and oxygen atoms in total. The quantitative estimate of drug-likeness (QED) is 0.172. The second-order valence-electron chi connectivity index (χ2n) is 13.0. The van der Waals surface area contributed by atoms with Crippen molar-refractivity contribution in [3.63, 3.8) is 0 Å². The van der Waals surface area contributed by atoms with Gasteiger partial charge >= 0.3 is 0 Å². The molecule has 0 saturated carbocycles. The van der Waals surface area contributed by atoms with E-state index in [0.29, 0.717) is 0 Å². The molecule has 7 aromatic carbocycles. The van der Waals surface area contributed by atoms with E-state index in [1.54, 1.807) is 0 Å². The van der Waals surface area contributed by atoms with E-state index in [9.17, 15) is 0 Å². The number of rotatable bonds is 7. The first-order valence-electron chi connectivity index (χ1n) is 17.3. The standard InChI is InChI=1S/C48H35NO/c1-4-12-34(13-5-1)39-18-11-21-44(31-39)49(42-19-8-3-9-20-42)43-26-22-36(23-27-43)37-16-10-17-38(30-37)41-25-29-48-46(33-41)45-32-40(24-28-47(45)50-48)35-14-6-2-7-15-35/h1-29,31-33,37H,30H2. The minimum atomic E-state index is 0.289. The molecule has 0 N–H and O–H groups in total. The van der Waals surface area contributed by atoms with Crippen LogP contribution in [0, 0.1) is 0 Å². The van der Waals surface area contributed by atoms with Crippen LogP contribution in [0.5, 0.6) is 0 Å². The smallest absolute Gasteiger partial charge is 0.135 e. The summed E-state index contributed by atoms with van der Waals surface area (Å²) in [4.78, 5) is 2.34. The highest BCUT2D eigenvalue weighted by Crippen LogP contribution is 2.40. The van der Waals surface area contributed by atoms with Crippen molar-refractivity contribution in [2.45, 2.75) is 12.3 Å². The van der Waals surface area contributed by atoms with Crippen molar-refractivity contribution in [1.82, 2.24) is 0 Å². The lowest BCUT2D eigenvalue weighted by Gasteiger charge is -2.27. The van der Waals surface area contributed by atoms with Gasteiger partial charge in [-0.25, -0.2) is 0 Å². The SMILES string of the molecule is C1=CC(c2ccc(N(c3ccccc3)c3cccc(-c4ccccc4)c3)cc2)CC(c2ccc3oc4ccc(-c5ccccc5)cc4c3c2)=C1. The molecule has 0 fully saturated rings. The van der Waals surface area contributed by atoms with Gasteiger partial charge in [-0.05, 0) is 106 Å². The van der Waals surface area contributed by atoms with Crippen LogP contribution in [0.15, 0.2) is 199 Å². The van der Waals surface area contributed by atoms with Crippen molar-refractivity contribution < 1.29 is 4.42 Å². The van der Waals surface area contributed by atoms with Crippen LogP contribution in [0.2, 0.25) is 0 Å². The van der Waals surface area contributed by atoms with Gasteiger partial charge in [-0.15, -0.1) is 0 Å². The summed E-state index contributed by atoms with van der Waals surface area (Å²) >= 11 is 0. The number of furan rings is 1. The van der Waals surface area contributed by atoms with Gasteiger partial charge in [0.2, 0.25) is 0 Å². The van der Waals surface area contributed by atoms with Crippen molar-refractivity contribution in [2.75, 3.05) is 4.90 Å². The first-order valence-corrected chi connectivity index (χ1v) is 17.3. The number of nitrogens with zero attached hydrogens (tertiary/aromatic N) is 1. The monoisotopic (exact) mass is 641 g/mol. The van der Waals surface area contributed by atoms with Gasteiger partial charge in [0.05, 0.1) is 0 Å². The van der Waals surface area contributed by atoms with Crippen molar-refractivity contribution in [1.29, 1.82) is 0 Å². The molecule has 238 valence electrons. The van der Waals surface area contributed by atoms with E-state index >= 15 is 0 Å². The fraction of sp³-hybridized carbons (Fsp3) is 0.0417. The van der Waals surface area contributed by atoms with Gasteiger partial charge in [-0.1, -0.05) is 133 Å². The lowest BCUT2D eigenvalue weighted by Crippen LogP contribution is -2.10. The van der Waals surface area contributed by atoms with Crippen molar-refractivity contribution >= 4 is 44.6 Å². The molecule has 1 aliphatic carbocycles. The summed E-state index contributed by atoms with van der Waals surface area (Å²) in [6, 6.07) is 62.8. The van der Waals surface area contributed by atoms with E-state index in [4.69, 9.17) is 4.42 Å². The predicted octanol–water partition coefficient (Wildman–Crippen LogP) is 13.5. The van der Waals surface area contributed by atoms with E-state index in [1.165, 1.54) is 39.0 Å². The van der Waals surface area contributed by atoms with E-state index in [0.717, 1.165) is 45.4 Å². The van der Waals surface area contributed by atoms with Crippen LogP contribution in [0.4, 0.5) is 17.1 Å². The zero-order chi connectivity index (χ0) is 33.3. The largest absolute Gasteiger partial charge is 0.456 e. The Morgan fingerprint density at radius 2 is 0.980 bits per heavy atom. The number of allylic oxidation sites excluding steroid dienone is 4. The molecule has 9 rings (SSSR count). The summed E-state index contributed by atoms with van der Waals surface area (Å²) in [6.45, 7) is 0. The summed E-state index contributed by atoms with van der Waals surface area (Å²) in [6.07, 6.45) is 7.75. The molecule has 0 saturated heterocycles. The highest BCUT2D eigenvalue weighted by atomic mass is 16.3. The van der Waals surface area contributed by atoms with E-state index in [1.807, 2.05) is 0 Å². The van der Waals surface area contributed by atoms with Crippen molar-refractivity contribution in [2.24, 2.45) is 0 Å². The minimum Gasteiger partial charge on any atom is -0.456 e. The topological polar surface area (TPSA) is 16.4 Å². The van der Waals surface area contributed by atoms with Gasteiger partial charge in [0.25, 0.3) is 0 Å². The Kier molecular flexibility index (Phi) is 7.68. The van der Waals surface area contributed by atoms with E-state index < -0.39 is 0 Å². The third-order valence-corrected chi connectivity index (χ3v) is 9.83. The maximum absolute atomic E-state index is 6.26. The average molecular weight is 642 g/mol. The van der Waals surface area contributed by atoms with Gasteiger partial charge in [0.1, 0.15) is 11.2 Å². The van der Waals surface area contributed by atoms with Crippen molar-refractivity contribution in [3.8, 4) is 22.3 Å². The Hall–Kier alpha value is -6.38. The molecule has 50 heavy (non-hydrogen) atoms. The summed E-state index contributed by atoms with van der Waals surface area (Å²) in [7, 11) is 0. The van der Waals surface area contributed by atoms with Gasteiger partial charge in [-0.3, -0.25) is 0 Å². The Bertz CT molecular complexity index is 2490.